The maximum Gasteiger partial charge on any atom is 0.278 e. The molecule has 0 unspecified atom stereocenters. The van der Waals surface area contributed by atoms with E-state index in [1.54, 1.807) is 11.3 Å². The fraction of sp³-hybridized carbons (Fsp3) is 0.500. The minimum atomic E-state index is -0.0357. The van der Waals surface area contributed by atoms with Crippen molar-refractivity contribution in [2.24, 2.45) is 0 Å². The monoisotopic (exact) mass is 449 g/mol. The van der Waals surface area contributed by atoms with Crippen molar-refractivity contribution in [1.82, 2.24) is 19.7 Å². The topological polar surface area (TPSA) is 54.3 Å². The molecule has 0 aliphatic rings. The lowest BCUT2D eigenvalue weighted by atomic mass is 10.1. The Hall–Kier alpha value is -1.96. The standard InChI is InChI=1S/C22H31N5OS.ClH/c1-14(2)27-18(13-16(4)24-27)21(28)26(12-8-11-25(6)7)22-23-20-17(5)15(3)9-10-19(20)29-22;/h9-10,13-14H,8,11-12H2,1-7H3;1H. The average molecular weight is 450 g/mol. The molecule has 2 heterocycles. The van der Waals surface area contributed by atoms with Gasteiger partial charge in [-0.1, -0.05) is 17.4 Å². The highest BCUT2D eigenvalue weighted by Gasteiger charge is 2.26. The molecule has 30 heavy (non-hydrogen) atoms. The number of thiazole rings is 1. The lowest BCUT2D eigenvalue weighted by molar-refractivity contribution is 0.0974. The number of aromatic nitrogens is 3. The number of aryl methyl sites for hydroxylation is 3. The molecule has 2 aromatic heterocycles. The first-order valence-electron chi connectivity index (χ1n) is 10.1. The molecule has 1 aromatic carbocycles. The Morgan fingerprint density at radius 2 is 1.87 bits per heavy atom. The van der Waals surface area contributed by atoms with Crippen molar-refractivity contribution in [2.75, 3.05) is 32.1 Å². The first-order valence-corrected chi connectivity index (χ1v) is 10.9. The molecule has 1 amide bonds. The van der Waals surface area contributed by atoms with Gasteiger partial charge in [-0.15, -0.1) is 12.4 Å². The van der Waals surface area contributed by atoms with E-state index in [-0.39, 0.29) is 24.4 Å². The molecule has 6 nitrogen and oxygen atoms in total. The van der Waals surface area contributed by atoms with E-state index >= 15 is 0 Å². The zero-order valence-electron chi connectivity index (χ0n) is 18.9. The van der Waals surface area contributed by atoms with Crippen LogP contribution >= 0.6 is 23.7 Å². The number of halogens is 1. The van der Waals surface area contributed by atoms with Crippen molar-refractivity contribution >= 4 is 45.0 Å². The highest BCUT2D eigenvalue weighted by Crippen LogP contribution is 2.33. The number of hydrogen-bond donors (Lipinski definition) is 0. The molecule has 8 heteroatoms. The largest absolute Gasteiger partial charge is 0.309 e. The molecule has 0 saturated heterocycles. The SMILES string of the molecule is Cc1cc(C(=O)N(CCCN(C)C)c2nc3c(C)c(C)ccc3s2)n(C(C)C)n1.Cl. The highest BCUT2D eigenvalue weighted by molar-refractivity contribution is 7.22. The normalized spacial score (nSPS) is 11.4. The molecular formula is C22H32ClN5OS. The van der Waals surface area contributed by atoms with Crippen molar-refractivity contribution < 1.29 is 4.79 Å². The zero-order valence-corrected chi connectivity index (χ0v) is 20.5. The third-order valence-electron chi connectivity index (χ3n) is 5.10. The minimum absolute atomic E-state index is 0. The summed E-state index contributed by atoms with van der Waals surface area (Å²) in [5.74, 6) is -0.0357. The van der Waals surface area contributed by atoms with Crippen molar-refractivity contribution in [1.29, 1.82) is 0 Å². The van der Waals surface area contributed by atoms with Gasteiger partial charge in [0.15, 0.2) is 5.13 Å². The predicted octanol–water partition coefficient (Wildman–Crippen LogP) is 5.02. The molecule has 0 N–H and O–H groups in total. The molecule has 0 aliphatic carbocycles. The van der Waals surface area contributed by atoms with E-state index in [0.717, 1.165) is 34.0 Å². The molecule has 3 aromatic rings. The second-order valence-electron chi connectivity index (χ2n) is 8.17. The van der Waals surface area contributed by atoms with Gasteiger partial charge in [-0.05, 0) is 84.9 Å². The number of rotatable bonds is 7. The second-order valence-corrected chi connectivity index (χ2v) is 9.18. The molecule has 0 saturated carbocycles. The molecule has 0 spiro atoms. The summed E-state index contributed by atoms with van der Waals surface area (Å²) in [5.41, 5.74) is 4.85. The maximum atomic E-state index is 13.6. The first kappa shape index (κ1) is 24.3. The molecular weight excluding hydrogens is 418 g/mol. The summed E-state index contributed by atoms with van der Waals surface area (Å²) in [6.45, 7) is 11.7. The molecule has 0 atom stereocenters. The van der Waals surface area contributed by atoms with Gasteiger partial charge in [0.2, 0.25) is 0 Å². The Morgan fingerprint density at radius 1 is 1.17 bits per heavy atom. The van der Waals surface area contributed by atoms with Crippen molar-refractivity contribution in [2.45, 2.75) is 47.1 Å². The number of hydrogen-bond acceptors (Lipinski definition) is 5. The number of carbonyl (C=O) groups is 1. The Bertz CT molecular complexity index is 1020. The van der Waals surface area contributed by atoms with E-state index in [1.165, 1.54) is 11.1 Å². The molecule has 164 valence electrons. The van der Waals surface area contributed by atoms with Crippen LogP contribution in [-0.2, 0) is 0 Å². The fourth-order valence-corrected chi connectivity index (χ4v) is 4.42. The summed E-state index contributed by atoms with van der Waals surface area (Å²) in [7, 11) is 4.10. The van der Waals surface area contributed by atoms with E-state index in [1.807, 2.05) is 50.5 Å². The third kappa shape index (κ3) is 5.02. The summed E-state index contributed by atoms with van der Waals surface area (Å²) in [4.78, 5) is 22.5. The summed E-state index contributed by atoms with van der Waals surface area (Å²) >= 11 is 1.58. The van der Waals surface area contributed by atoms with E-state index in [9.17, 15) is 4.79 Å². The quantitative estimate of drug-likeness (QED) is 0.508. The van der Waals surface area contributed by atoms with Gasteiger partial charge in [0.05, 0.1) is 15.9 Å². The Morgan fingerprint density at radius 3 is 2.50 bits per heavy atom. The first-order chi connectivity index (χ1) is 13.7. The summed E-state index contributed by atoms with van der Waals surface area (Å²) in [6.07, 6.45) is 0.876. The smallest absolute Gasteiger partial charge is 0.278 e. The van der Waals surface area contributed by atoms with Crippen LogP contribution < -0.4 is 4.90 Å². The number of nitrogens with zero attached hydrogens (tertiary/aromatic N) is 5. The van der Waals surface area contributed by atoms with E-state index in [2.05, 4.69) is 36.0 Å². The van der Waals surface area contributed by atoms with Crippen molar-refractivity contribution in [3.8, 4) is 0 Å². The van der Waals surface area contributed by atoms with E-state index < -0.39 is 0 Å². The van der Waals surface area contributed by atoms with Gasteiger partial charge >= 0.3 is 0 Å². The lowest BCUT2D eigenvalue weighted by Gasteiger charge is -2.22. The van der Waals surface area contributed by atoms with E-state index in [4.69, 9.17) is 4.98 Å². The van der Waals surface area contributed by atoms with Gasteiger partial charge in [0.25, 0.3) is 5.91 Å². The number of fused-ring (bicyclic) bond motifs is 1. The fourth-order valence-electron chi connectivity index (χ4n) is 3.37. The third-order valence-corrected chi connectivity index (χ3v) is 6.15. The van der Waals surface area contributed by atoms with Crippen LogP contribution in [0.3, 0.4) is 0 Å². The van der Waals surface area contributed by atoms with Crippen LogP contribution in [0, 0.1) is 20.8 Å². The Balaban J connectivity index is 0.00000320. The molecule has 0 bridgehead atoms. The predicted molar refractivity (Wildman–Crippen MR) is 129 cm³/mol. The van der Waals surface area contributed by atoms with Gasteiger partial charge in [-0.3, -0.25) is 14.4 Å². The number of carbonyl (C=O) groups excluding carboxylic acids is 1. The minimum Gasteiger partial charge on any atom is -0.309 e. The number of benzene rings is 1. The van der Waals surface area contributed by atoms with Crippen LogP contribution in [0.5, 0.6) is 0 Å². The zero-order chi connectivity index (χ0) is 21.3. The van der Waals surface area contributed by atoms with Crippen LogP contribution in [0.25, 0.3) is 10.2 Å². The molecule has 0 aliphatic heterocycles. The van der Waals surface area contributed by atoms with Crippen LogP contribution in [0.4, 0.5) is 5.13 Å². The summed E-state index contributed by atoms with van der Waals surface area (Å²) in [5, 5.41) is 5.28. The summed E-state index contributed by atoms with van der Waals surface area (Å²) < 4.78 is 2.93. The van der Waals surface area contributed by atoms with Crippen molar-refractivity contribution in [3.05, 3.63) is 40.7 Å². The number of anilines is 1. The Kier molecular flexibility index (Phi) is 8.02. The van der Waals surface area contributed by atoms with Crippen LogP contribution in [-0.4, -0.2) is 52.8 Å². The van der Waals surface area contributed by atoms with Crippen LogP contribution in [0.1, 0.15) is 53.6 Å². The van der Waals surface area contributed by atoms with Gasteiger partial charge in [-0.25, -0.2) is 4.98 Å². The average Bonchev–Trinajstić information content (AvgIpc) is 3.25. The van der Waals surface area contributed by atoms with Gasteiger partial charge in [0, 0.05) is 12.6 Å². The maximum absolute atomic E-state index is 13.6. The van der Waals surface area contributed by atoms with Gasteiger partial charge < -0.3 is 4.90 Å². The Labute approximate surface area is 189 Å². The van der Waals surface area contributed by atoms with E-state index in [0.29, 0.717) is 12.2 Å². The second kappa shape index (κ2) is 9.90. The van der Waals surface area contributed by atoms with Crippen LogP contribution in [0.15, 0.2) is 18.2 Å². The number of amides is 1. The van der Waals surface area contributed by atoms with Gasteiger partial charge in [-0.2, -0.15) is 5.10 Å². The van der Waals surface area contributed by atoms with Crippen molar-refractivity contribution in [3.63, 3.8) is 0 Å². The van der Waals surface area contributed by atoms with Gasteiger partial charge in [0.1, 0.15) is 5.69 Å². The van der Waals surface area contributed by atoms with Crippen LogP contribution in [0.2, 0.25) is 0 Å². The molecule has 0 radical (unpaired) electrons. The lowest BCUT2D eigenvalue weighted by Crippen LogP contribution is -2.35. The highest BCUT2D eigenvalue weighted by atomic mass is 35.5. The molecule has 0 fully saturated rings. The molecule has 3 rings (SSSR count). The summed E-state index contributed by atoms with van der Waals surface area (Å²) in [6, 6.07) is 6.22.